The highest BCUT2D eigenvalue weighted by Crippen LogP contribution is 2.29. The van der Waals surface area contributed by atoms with Crippen LogP contribution in [0.15, 0.2) is 18.3 Å². The second-order valence-corrected chi connectivity index (χ2v) is 4.57. The van der Waals surface area contributed by atoms with Gasteiger partial charge in [0.15, 0.2) is 11.6 Å². The first kappa shape index (κ1) is 13.6. The third kappa shape index (κ3) is 3.16. The van der Waals surface area contributed by atoms with E-state index in [1.807, 2.05) is 19.1 Å². The molecule has 0 radical (unpaired) electrons. The molecule has 19 heavy (non-hydrogen) atoms. The van der Waals surface area contributed by atoms with Crippen molar-refractivity contribution in [2.75, 3.05) is 31.7 Å². The molecule has 1 aromatic rings. The molecule has 0 aromatic carbocycles. The summed E-state index contributed by atoms with van der Waals surface area (Å²) in [7, 11) is 1.44. The van der Waals surface area contributed by atoms with E-state index in [1.54, 1.807) is 6.20 Å². The summed E-state index contributed by atoms with van der Waals surface area (Å²) in [6.07, 6.45) is 3.58. The average molecular weight is 264 g/mol. The van der Waals surface area contributed by atoms with Crippen LogP contribution in [0, 0.1) is 5.92 Å². The predicted octanol–water partition coefficient (Wildman–Crippen LogP) is 1.87. The van der Waals surface area contributed by atoms with Gasteiger partial charge in [-0.1, -0.05) is 0 Å². The minimum atomic E-state index is -0.140. The molecule has 1 atom stereocenters. The maximum atomic E-state index is 11.7. The van der Waals surface area contributed by atoms with Crippen LogP contribution in [0.1, 0.15) is 19.8 Å². The van der Waals surface area contributed by atoms with E-state index in [0.717, 1.165) is 31.0 Å². The van der Waals surface area contributed by atoms with E-state index in [0.29, 0.717) is 13.2 Å². The number of carbonyl (C=O) groups excluding carboxylic acids is 1. The third-order valence-corrected chi connectivity index (χ3v) is 3.31. The van der Waals surface area contributed by atoms with Crippen molar-refractivity contribution in [1.29, 1.82) is 0 Å². The summed E-state index contributed by atoms with van der Waals surface area (Å²) in [4.78, 5) is 18.2. The molecular weight excluding hydrogens is 244 g/mol. The minimum Gasteiger partial charge on any atom is -0.490 e. The lowest BCUT2D eigenvalue weighted by molar-refractivity contribution is -0.145. The Hall–Kier alpha value is -1.78. The van der Waals surface area contributed by atoms with Crippen LogP contribution in [0.2, 0.25) is 0 Å². The molecule has 0 spiro atoms. The van der Waals surface area contributed by atoms with Crippen LogP contribution in [-0.4, -0.2) is 37.8 Å². The lowest BCUT2D eigenvalue weighted by Crippen LogP contribution is -2.39. The van der Waals surface area contributed by atoms with E-state index < -0.39 is 0 Å². The second kappa shape index (κ2) is 6.41. The number of carbonyl (C=O) groups is 1. The number of anilines is 1. The van der Waals surface area contributed by atoms with Gasteiger partial charge in [0, 0.05) is 19.3 Å². The van der Waals surface area contributed by atoms with Crippen LogP contribution in [0.4, 0.5) is 5.82 Å². The van der Waals surface area contributed by atoms with Crippen molar-refractivity contribution in [2.24, 2.45) is 5.92 Å². The summed E-state index contributed by atoms with van der Waals surface area (Å²) in [6, 6.07) is 3.77. The molecule has 2 heterocycles. The SMILES string of the molecule is CCOc1cccnc1N1CCCC(C(=O)OC)C1. The first-order chi connectivity index (χ1) is 9.26. The van der Waals surface area contributed by atoms with Gasteiger partial charge >= 0.3 is 5.97 Å². The van der Waals surface area contributed by atoms with Crippen molar-refractivity contribution in [1.82, 2.24) is 4.98 Å². The van der Waals surface area contributed by atoms with Gasteiger partial charge in [0.1, 0.15) is 0 Å². The summed E-state index contributed by atoms with van der Waals surface area (Å²) >= 11 is 0. The highest BCUT2D eigenvalue weighted by molar-refractivity contribution is 5.73. The fraction of sp³-hybridized carbons (Fsp3) is 0.571. The van der Waals surface area contributed by atoms with E-state index in [-0.39, 0.29) is 11.9 Å². The molecule has 104 valence electrons. The van der Waals surface area contributed by atoms with Crippen LogP contribution in [0.25, 0.3) is 0 Å². The van der Waals surface area contributed by atoms with Gasteiger partial charge in [-0.15, -0.1) is 0 Å². The summed E-state index contributed by atoms with van der Waals surface area (Å²) in [5.41, 5.74) is 0. The van der Waals surface area contributed by atoms with Crippen LogP contribution >= 0.6 is 0 Å². The van der Waals surface area contributed by atoms with Crippen LogP contribution in [0.5, 0.6) is 5.75 Å². The van der Waals surface area contributed by atoms with Gasteiger partial charge in [-0.3, -0.25) is 4.79 Å². The smallest absolute Gasteiger partial charge is 0.310 e. The summed E-state index contributed by atoms with van der Waals surface area (Å²) in [5, 5.41) is 0. The summed E-state index contributed by atoms with van der Waals surface area (Å²) in [5.74, 6) is 1.38. The van der Waals surface area contributed by atoms with E-state index in [9.17, 15) is 4.79 Å². The molecule has 5 nitrogen and oxygen atoms in total. The van der Waals surface area contributed by atoms with Gasteiger partial charge in [-0.2, -0.15) is 0 Å². The van der Waals surface area contributed by atoms with Crippen molar-refractivity contribution in [3.8, 4) is 5.75 Å². The molecule has 1 aliphatic heterocycles. The predicted molar refractivity (Wildman–Crippen MR) is 72.4 cm³/mol. The highest BCUT2D eigenvalue weighted by Gasteiger charge is 2.28. The van der Waals surface area contributed by atoms with E-state index in [4.69, 9.17) is 9.47 Å². The Morgan fingerprint density at radius 3 is 3.16 bits per heavy atom. The Bertz CT molecular complexity index is 436. The molecule has 1 aromatic heterocycles. The van der Waals surface area contributed by atoms with Gasteiger partial charge in [0.05, 0.1) is 19.6 Å². The van der Waals surface area contributed by atoms with Gasteiger partial charge < -0.3 is 14.4 Å². The number of methoxy groups -OCH3 is 1. The maximum absolute atomic E-state index is 11.7. The Morgan fingerprint density at radius 1 is 1.58 bits per heavy atom. The zero-order chi connectivity index (χ0) is 13.7. The number of pyridine rings is 1. The van der Waals surface area contributed by atoms with Crippen molar-refractivity contribution < 1.29 is 14.3 Å². The molecule has 0 saturated carbocycles. The Morgan fingerprint density at radius 2 is 2.42 bits per heavy atom. The topological polar surface area (TPSA) is 51.7 Å². The number of esters is 1. The zero-order valence-electron chi connectivity index (χ0n) is 11.5. The monoisotopic (exact) mass is 264 g/mol. The molecule has 5 heteroatoms. The second-order valence-electron chi connectivity index (χ2n) is 4.57. The molecule has 1 aliphatic rings. The quantitative estimate of drug-likeness (QED) is 0.777. The molecule has 1 saturated heterocycles. The largest absolute Gasteiger partial charge is 0.490 e. The molecule has 2 rings (SSSR count). The molecule has 0 amide bonds. The molecule has 0 bridgehead atoms. The number of ether oxygens (including phenoxy) is 2. The van der Waals surface area contributed by atoms with E-state index in [2.05, 4.69) is 9.88 Å². The number of hydrogen-bond acceptors (Lipinski definition) is 5. The average Bonchev–Trinajstić information content (AvgIpc) is 2.47. The lowest BCUT2D eigenvalue weighted by Gasteiger charge is -2.32. The standard InChI is InChI=1S/C14H20N2O3/c1-3-19-12-7-4-8-15-13(12)16-9-5-6-11(10-16)14(17)18-2/h4,7-8,11H,3,5-6,9-10H2,1-2H3. The fourth-order valence-electron chi connectivity index (χ4n) is 2.42. The third-order valence-electron chi connectivity index (χ3n) is 3.31. The first-order valence-electron chi connectivity index (χ1n) is 6.66. The van der Waals surface area contributed by atoms with E-state index in [1.165, 1.54) is 7.11 Å². The molecule has 1 fully saturated rings. The van der Waals surface area contributed by atoms with Gasteiger partial charge in [-0.05, 0) is 31.9 Å². The number of nitrogens with zero attached hydrogens (tertiary/aromatic N) is 2. The first-order valence-corrected chi connectivity index (χ1v) is 6.66. The Labute approximate surface area is 113 Å². The summed E-state index contributed by atoms with van der Waals surface area (Å²) < 4.78 is 10.4. The number of aromatic nitrogens is 1. The maximum Gasteiger partial charge on any atom is 0.310 e. The fourth-order valence-corrected chi connectivity index (χ4v) is 2.42. The lowest BCUT2D eigenvalue weighted by atomic mass is 9.98. The van der Waals surface area contributed by atoms with Crippen molar-refractivity contribution in [3.05, 3.63) is 18.3 Å². The molecular formula is C14H20N2O3. The number of piperidine rings is 1. The molecule has 0 aliphatic carbocycles. The van der Waals surface area contributed by atoms with Crippen LogP contribution < -0.4 is 9.64 Å². The number of rotatable bonds is 4. The van der Waals surface area contributed by atoms with Crippen molar-refractivity contribution in [2.45, 2.75) is 19.8 Å². The van der Waals surface area contributed by atoms with Crippen molar-refractivity contribution in [3.63, 3.8) is 0 Å². The Kier molecular flexibility index (Phi) is 4.60. The van der Waals surface area contributed by atoms with Gasteiger partial charge in [-0.25, -0.2) is 4.98 Å². The molecule has 1 unspecified atom stereocenters. The summed E-state index contributed by atoms with van der Waals surface area (Å²) in [6.45, 7) is 4.09. The van der Waals surface area contributed by atoms with Crippen LogP contribution in [0.3, 0.4) is 0 Å². The highest BCUT2D eigenvalue weighted by atomic mass is 16.5. The minimum absolute atomic E-state index is 0.0739. The van der Waals surface area contributed by atoms with Crippen molar-refractivity contribution >= 4 is 11.8 Å². The van der Waals surface area contributed by atoms with Gasteiger partial charge in [0.25, 0.3) is 0 Å². The number of hydrogen-bond donors (Lipinski definition) is 0. The Balaban J connectivity index is 2.15. The molecule has 0 N–H and O–H groups in total. The van der Waals surface area contributed by atoms with E-state index >= 15 is 0 Å². The zero-order valence-corrected chi connectivity index (χ0v) is 11.5. The normalized spacial score (nSPS) is 19.1. The van der Waals surface area contributed by atoms with Crippen LogP contribution in [-0.2, 0) is 9.53 Å². The van der Waals surface area contributed by atoms with Gasteiger partial charge in [0.2, 0.25) is 0 Å².